The zero-order valence-corrected chi connectivity index (χ0v) is 18.1. The van der Waals surface area contributed by atoms with E-state index in [4.69, 9.17) is 8.61 Å². The van der Waals surface area contributed by atoms with Crippen LogP contribution in [0.25, 0.3) is 0 Å². The van der Waals surface area contributed by atoms with Crippen LogP contribution in [0.4, 0.5) is 0 Å². The summed E-state index contributed by atoms with van der Waals surface area (Å²) in [5, 5.41) is 0.110. The van der Waals surface area contributed by atoms with Gasteiger partial charge in [-0.15, -0.1) is 0 Å². The molecule has 0 N–H and O–H groups in total. The van der Waals surface area contributed by atoms with Crippen molar-refractivity contribution >= 4 is 18.4 Å². The van der Waals surface area contributed by atoms with E-state index in [1.54, 1.807) is 24.3 Å². The lowest BCUT2D eigenvalue weighted by Crippen LogP contribution is -2.47. The van der Waals surface area contributed by atoms with Crippen molar-refractivity contribution in [2.75, 3.05) is 6.61 Å². The predicted molar refractivity (Wildman–Crippen MR) is 101 cm³/mol. The van der Waals surface area contributed by atoms with Crippen LogP contribution >= 0.6 is 0 Å². The topological polar surface area (TPSA) is 52.6 Å². The maximum Gasteiger partial charge on any atom is 0.296 e. The fraction of sp³-hybridized carbons (Fsp3) is 0.667. The van der Waals surface area contributed by atoms with Crippen LogP contribution in [0, 0.1) is 6.92 Å². The average molecular weight is 373 g/mol. The highest BCUT2D eigenvalue weighted by Gasteiger charge is 2.41. The molecule has 1 aromatic carbocycles. The molecule has 0 spiro atoms. The normalized spacial score (nSPS) is 14.0. The quantitative estimate of drug-likeness (QED) is 0.505. The van der Waals surface area contributed by atoms with Gasteiger partial charge in [-0.05, 0) is 57.5 Å². The van der Waals surface area contributed by atoms with Gasteiger partial charge in [0.25, 0.3) is 10.1 Å². The van der Waals surface area contributed by atoms with Gasteiger partial charge < -0.3 is 4.43 Å². The standard InChI is InChI=1S/C18H32O4SSi/c1-15-9-11-16(12-10-15)23(19,20)21-14-13-18(5,6)22-24(7,8)17(2,3)4/h9-12H,13-14H2,1-8H3. The Bertz CT molecular complexity index is 641. The molecule has 0 saturated heterocycles. The van der Waals surface area contributed by atoms with Gasteiger partial charge in [0, 0.05) is 0 Å². The summed E-state index contributed by atoms with van der Waals surface area (Å²) in [4.78, 5) is 0.191. The van der Waals surface area contributed by atoms with Crippen LogP contribution in [-0.2, 0) is 18.7 Å². The fourth-order valence-electron chi connectivity index (χ4n) is 2.06. The summed E-state index contributed by atoms with van der Waals surface area (Å²) >= 11 is 0. The number of hydrogen-bond donors (Lipinski definition) is 0. The van der Waals surface area contributed by atoms with E-state index in [-0.39, 0.29) is 16.5 Å². The van der Waals surface area contributed by atoms with Gasteiger partial charge in [0.1, 0.15) is 0 Å². The van der Waals surface area contributed by atoms with Gasteiger partial charge in [0.2, 0.25) is 0 Å². The Morgan fingerprint density at radius 2 is 1.50 bits per heavy atom. The van der Waals surface area contributed by atoms with Crippen LogP contribution in [0.1, 0.15) is 46.6 Å². The van der Waals surface area contributed by atoms with E-state index in [9.17, 15) is 8.42 Å². The Balaban J connectivity index is 2.67. The zero-order valence-electron chi connectivity index (χ0n) is 16.3. The molecule has 0 bridgehead atoms. The van der Waals surface area contributed by atoms with Crippen LogP contribution in [0.3, 0.4) is 0 Å². The Hall–Kier alpha value is -0.693. The molecular weight excluding hydrogens is 340 g/mol. The number of hydrogen-bond acceptors (Lipinski definition) is 4. The molecule has 6 heteroatoms. The highest BCUT2D eigenvalue weighted by Crippen LogP contribution is 2.39. The summed E-state index contributed by atoms with van der Waals surface area (Å²) in [7, 11) is -5.63. The molecule has 138 valence electrons. The molecule has 0 aromatic heterocycles. The summed E-state index contributed by atoms with van der Waals surface area (Å²) in [6.45, 7) is 17.0. The van der Waals surface area contributed by atoms with Gasteiger partial charge in [0.05, 0.1) is 17.1 Å². The molecule has 24 heavy (non-hydrogen) atoms. The average Bonchev–Trinajstić information content (AvgIpc) is 2.35. The van der Waals surface area contributed by atoms with Gasteiger partial charge in [-0.3, -0.25) is 4.18 Å². The lowest BCUT2D eigenvalue weighted by Gasteiger charge is -2.42. The number of rotatable bonds is 7. The minimum Gasteiger partial charge on any atom is -0.412 e. The van der Waals surface area contributed by atoms with Crippen molar-refractivity contribution in [2.24, 2.45) is 0 Å². The van der Waals surface area contributed by atoms with E-state index >= 15 is 0 Å². The third-order valence-electron chi connectivity index (χ3n) is 4.59. The molecule has 1 rings (SSSR count). The lowest BCUT2D eigenvalue weighted by atomic mass is 10.1. The molecule has 0 radical (unpaired) electrons. The van der Waals surface area contributed by atoms with Gasteiger partial charge in [0.15, 0.2) is 8.32 Å². The molecular formula is C18H32O4SSi. The van der Waals surface area contributed by atoms with Crippen molar-refractivity contribution in [2.45, 2.75) is 76.6 Å². The second-order valence-electron chi connectivity index (χ2n) is 8.46. The van der Waals surface area contributed by atoms with Crippen LogP contribution in [0.15, 0.2) is 29.2 Å². The molecule has 0 saturated carbocycles. The number of aryl methyl sites for hydroxylation is 1. The van der Waals surface area contributed by atoms with Crippen LogP contribution in [0.5, 0.6) is 0 Å². The van der Waals surface area contributed by atoms with E-state index in [2.05, 4.69) is 33.9 Å². The van der Waals surface area contributed by atoms with E-state index in [0.717, 1.165) is 5.56 Å². The van der Waals surface area contributed by atoms with Gasteiger partial charge in [-0.25, -0.2) is 0 Å². The highest BCUT2D eigenvalue weighted by atomic mass is 32.2. The van der Waals surface area contributed by atoms with Crippen molar-refractivity contribution in [1.29, 1.82) is 0 Å². The lowest BCUT2D eigenvalue weighted by molar-refractivity contribution is 0.0672. The largest absolute Gasteiger partial charge is 0.412 e. The summed E-state index contributed by atoms with van der Waals surface area (Å²) in [5.74, 6) is 0. The van der Waals surface area contributed by atoms with E-state index in [0.29, 0.717) is 6.42 Å². The third kappa shape index (κ3) is 5.99. The van der Waals surface area contributed by atoms with Gasteiger partial charge in [-0.2, -0.15) is 8.42 Å². The van der Waals surface area contributed by atoms with Crippen molar-refractivity contribution in [1.82, 2.24) is 0 Å². The molecule has 1 aromatic rings. The molecule has 0 amide bonds. The minimum atomic E-state index is -3.72. The monoisotopic (exact) mass is 372 g/mol. The molecule has 0 fully saturated rings. The molecule has 0 unspecified atom stereocenters. The molecule has 0 aliphatic rings. The van der Waals surface area contributed by atoms with Crippen molar-refractivity contribution in [3.8, 4) is 0 Å². The summed E-state index contributed by atoms with van der Waals surface area (Å²) in [6.07, 6.45) is 0.518. The van der Waals surface area contributed by atoms with Crippen molar-refractivity contribution < 1.29 is 17.0 Å². The summed E-state index contributed by atoms with van der Waals surface area (Å²) in [5.41, 5.74) is 0.587. The Labute approximate surface area is 148 Å². The molecule has 0 heterocycles. The van der Waals surface area contributed by atoms with Crippen LogP contribution in [0.2, 0.25) is 18.1 Å². The van der Waals surface area contributed by atoms with E-state index in [1.807, 2.05) is 20.8 Å². The minimum absolute atomic E-state index is 0.109. The maximum absolute atomic E-state index is 12.2. The SMILES string of the molecule is Cc1ccc(S(=O)(=O)OCCC(C)(C)O[Si](C)(C)C(C)(C)C)cc1. The zero-order chi connectivity index (χ0) is 18.8. The summed E-state index contributed by atoms with van der Waals surface area (Å²) < 4.78 is 36.0. The highest BCUT2D eigenvalue weighted by molar-refractivity contribution is 7.86. The Morgan fingerprint density at radius 1 is 1.00 bits per heavy atom. The second-order valence-corrected chi connectivity index (χ2v) is 14.8. The predicted octanol–water partition coefficient (Wildman–Crippen LogP) is 4.89. The van der Waals surface area contributed by atoms with E-state index in [1.165, 1.54) is 0 Å². The van der Waals surface area contributed by atoms with Crippen LogP contribution in [-0.4, -0.2) is 28.9 Å². The molecule has 0 atom stereocenters. The molecule has 4 nitrogen and oxygen atoms in total. The second kappa shape index (κ2) is 7.28. The van der Waals surface area contributed by atoms with Gasteiger partial charge >= 0.3 is 0 Å². The van der Waals surface area contributed by atoms with Gasteiger partial charge in [-0.1, -0.05) is 38.5 Å². The molecule has 0 aliphatic carbocycles. The van der Waals surface area contributed by atoms with Crippen molar-refractivity contribution in [3.63, 3.8) is 0 Å². The van der Waals surface area contributed by atoms with Crippen molar-refractivity contribution in [3.05, 3.63) is 29.8 Å². The number of benzene rings is 1. The Kier molecular flexibility index (Phi) is 6.47. The smallest absolute Gasteiger partial charge is 0.296 e. The maximum atomic E-state index is 12.2. The fourth-order valence-corrected chi connectivity index (χ4v) is 4.76. The molecule has 0 aliphatic heterocycles. The summed E-state index contributed by atoms with van der Waals surface area (Å²) in [6, 6.07) is 6.67. The first-order chi connectivity index (χ1) is 10.7. The Morgan fingerprint density at radius 3 is 1.96 bits per heavy atom. The first-order valence-corrected chi connectivity index (χ1v) is 12.6. The van der Waals surface area contributed by atoms with Crippen LogP contribution < -0.4 is 0 Å². The first-order valence-electron chi connectivity index (χ1n) is 8.33. The van der Waals surface area contributed by atoms with E-state index < -0.39 is 24.0 Å². The first kappa shape index (κ1) is 21.3. The third-order valence-corrected chi connectivity index (χ3v) is 10.6.